The van der Waals surface area contributed by atoms with Gasteiger partial charge in [0.15, 0.2) is 12.4 Å². The number of rotatable bonds is 15. The molecule has 4 aromatic heterocycles. The molecule has 2 N–H and O–H groups in total. The van der Waals surface area contributed by atoms with E-state index in [4.69, 9.17) is 18.5 Å². The fourth-order valence-corrected chi connectivity index (χ4v) is 10.3. The highest BCUT2D eigenvalue weighted by Gasteiger charge is 2.40. The first-order valence-electron chi connectivity index (χ1n) is 22.4. The molecule has 0 amide bonds. The van der Waals surface area contributed by atoms with Gasteiger partial charge in [-0.25, -0.2) is 12.8 Å². The predicted molar refractivity (Wildman–Crippen MR) is 252 cm³/mol. The molecule has 2 saturated heterocycles. The average Bonchev–Trinajstić information content (AvgIpc) is 4.01. The van der Waals surface area contributed by atoms with E-state index in [1.807, 2.05) is 44.0 Å². The number of pyridine rings is 1. The molecule has 6 heterocycles. The van der Waals surface area contributed by atoms with Crippen molar-refractivity contribution in [1.82, 2.24) is 33.6 Å². The summed E-state index contributed by atoms with van der Waals surface area (Å²) in [7, 11) is -0.725. The van der Waals surface area contributed by atoms with Crippen molar-refractivity contribution in [3.63, 3.8) is 0 Å². The zero-order valence-electron chi connectivity index (χ0n) is 38.6. The molecule has 2 aliphatic rings. The summed E-state index contributed by atoms with van der Waals surface area (Å²) >= 11 is 0. The van der Waals surface area contributed by atoms with Gasteiger partial charge >= 0.3 is 6.18 Å². The number of aryl methyl sites for hydroxylation is 2. The van der Waals surface area contributed by atoms with Gasteiger partial charge in [0.1, 0.15) is 30.0 Å². The molecule has 2 aliphatic heterocycles. The van der Waals surface area contributed by atoms with Crippen LogP contribution < -0.4 is 25.7 Å². The summed E-state index contributed by atoms with van der Waals surface area (Å²) in [5.74, 6) is 7.35. The monoisotopic (exact) mass is 983 g/mol. The number of nitrogens with zero attached hydrogens (tertiary/aromatic N) is 7. The number of ether oxygens (including phenoxy) is 2. The zero-order valence-corrected chi connectivity index (χ0v) is 39.4. The molecule has 2 atom stereocenters. The number of alkyl halides is 4. The highest BCUT2D eigenvalue weighted by molar-refractivity contribution is 7.89. The Bertz CT molecular complexity index is 3260. The highest BCUT2D eigenvalue weighted by Crippen LogP contribution is 2.35. The van der Waals surface area contributed by atoms with Crippen LogP contribution in [-0.4, -0.2) is 107 Å². The van der Waals surface area contributed by atoms with E-state index in [2.05, 4.69) is 37.8 Å². The third-order valence-corrected chi connectivity index (χ3v) is 14.2. The topological polar surface area (TPSA) is 175 Å². The molecule has 7 aromatic rings. The minimum Gasteiger partial charge on any atom is -0.495 e. The minimum atomic E-state index is -4.53. The molecule has 0 bridgehead atoms. The molecule has 0 saturated carbocycles. The quantitative estimate of drug-likeness (QED) is 0.0771. The van der Waals surface area contributed by atoms with E-state index < -0.39 is 35.0 Å². The van der Waals surface area contributed by atoms with Gasteiger partial charge in [0.05, 0.1) is 59.6 Å². The number of nitrogens with one attached hydrogen (secondary N) is 2. The van der Waals surface area contributed by atoms with Gasteiger partial charge in [0, 0.05) is 66.7 Å². The zero-order chi connectivity index (χ0) is 49.3. The molecule has 2 fully saturated rings. The van der Waals surface area contributed by atoms with E-state index in [9.17, 15) is 30.8 Å². The minimum absolute atomic E-state index is 0.0117. The van der Waals surface area contributed by atoms with Gasteiger partial charge in [-0.3, -0.25) is 4.79 Å². The largest absolute Gasteiger partial charge is 0.495 e. The number of benzene rings is 3. The Morgan fingerprint density at radius 2 is 1.77 bits per heavy atom. The molecule has 3 aromatic carbocycles. The Hall–Kier alpha value is -7.15. The SMILES string of the molecule is COc1cc(S(=O)(=O)N2CC(c3noc(COc4cccc(Cn5cc(-c6c(C)noc6C)ccc5=O)c4)n3)C2)ccc1NCC#Cc1cc2c(N[C@@H]3CCN(C)C[C@@H]3F)cccc2n1CC(F)(F)F. The molecule has 70 heavy (non-hydrogen) atoms. The van der Waals surface area contributed by atoms with Crippen LogP contribution in [0.1, 0.15) is 46.8 Å². The lowest BCUT2D eigenvalue weighted by molar-refractivity contribution is -0.140. The van der Waals surface area contributed by atoms with Crippen molar-refractivity contribution in [1.29, 1.82) is 0 Å². The third kappa shape index (κ3) is 10.4. The van der Waals surface area contributed by atoms with Gasteiger partial charge in [-0.15, -0.1) is 0 Å². The van der Waals surface area contributed by atoms with Crippen LogP contribution in [0, 0.1) is 25.7 Å². The number of sulfonamides is 1. The van der Waals surface area contributed by atoms with Crippen molar-refractivity contribution in [3.8, 4) is 34.5 Å². The maximum Gasteiger partial charge on any atom is 0.406 e. The van der Waals surface area contributed by atoms with Gasteiger partial charge < -0.3 is 43.2 Å². The Kier molecular flexibility index (Phi) is 13.5. The normalized spacial score (nSPS) is 17.0. The molecule has 0 aliphatic carbocycles. The highest BCUT2D eigenvalue weighted by atomic mass is 32.2. The van der Waals surface area contributed by atoms with Crippen LogP contribution >= 0.6 is 0 Å². The van der Waals surface area contributed by atoms with Crippen molar-refractivity contribution in [2.75, 3.05) is 57.5 Å². The first kappa shape index (κ1) is 47.9. The van der Waals surface area contributed by atoms with E-state index in [-0.39, 0.29) is 66.5 Å². The fraction of sp³-hybridized carbons (Fsp3) is 0.347. The Labute approximate surface area is 400 Å². The van der Waals surface area contributed by atoms with Crippen molar-refractivity contribution in [3.05, 3.63) is 130 Å². The summed E-state index contributed by atoms with van der Waals surface area (Å²) in [6, 6.07) is 20.9. The number of halogens is 4. The van der Waals surface area contributed by atoms with E-state index >= 15 is 0 Å². The van der Waals surface area contributed by atoms with Crippen molar-refractivity contribution in [2.45, 2.75) is 69.2 Å². The van der Waals surface area contributed by atoms with Crippen molar-refractivity contribution >= 4 is 32.3 Å². The van der Waals surface area contributed by atoms with Crippen molar-refractivity contribution in [2.24, 2.45) is 0 Å². The third-order valence-electron chi connectivity index (χ3n) is 12.4. The van der Waals surface area contributed by atoms with E-state index in [0.717, 1.165) is 27.0 Å². The number of anilines is 2. The number of piperidine rings is 1. The molecule has 21 heteroatoms. The van der Waals surface area contributed by atoms with Crippen LogP contribution in [0.15, 0.2) is 104 Å². The Balaban J connectivity index is 0.799. The second-order valence-electron chi connectivity index (χ2n) is 17.4. The Morgan fingerprint density at radius 1 is 0.957 bits per heavy atom. The van der Waals surface area contributed by atoms with E-state index in [0.29, 0.717) is 59.1 Å². The second-order valence-corrected chi connectivity index (χ2v) is 19.3. The molecule has 0 unspecified atom stereocenters. The van der Waals surface area contributed by atoms with Crippen LogP contribution in [0.2, 0.25) is 0 Å². The Morgan fingerprint density at radius 3 is 2.53 bits per heavy atom. The van der Waals surface area contributed by atoms with E-state index in [1.165, 1.54) is 35.7 Å². The molecule has 9 rings (SSSR count). The number of likely N-dealkylation sites (tertiary alicyclic amines) is 1. The molecule has 366 valence electrons. The summed E-state index contributed by atoms with van der Waals surface area (Å²) in [5.41, 5.74) is 4.42. The van der Waals surface area contributed by atoms with Crippen LogP contribution in [0.4, 0.5) is 28.9 Å². The molecular formula is C49H49F4N9O7S. The average molecular weight is 984 g/mol. The maximum atomic E-state index is 14.9. The second kappa shape index (κ2) is 19.7. The molecule has 16 nitrogen and oxygen atoms in total. The van der Waals surface area contributed by atoms with Crippen LogP contribution in [-0.2, 0) is 29.7 Å². The lowest BCUT2D eigenvalue weighted by Gasteiger charge is -2.36. The van der Waals surface area contributed by atoms with Gasteiger partial charge in [-0.1, -0.05) is 34.4 Å². The van der Waals surface area contributed by atoms with Crippen molar-refractivity contribution < 1.29 is 44.5 Å². The maximum absolute atomic E-state index is 14.9. The number of hydrogen-bond donors (Lipinski definition) is 2. The van der Waals surface area contributed by atoms with Crippen LogP contribution in [0.25, 0.3) is 22.0 Å². The summed E-state index contributed by atoms with van der Waals surface area (Å²) < 4.78 is 110. The molecule has 0 spiro atoms. The number of methoxy groups -OCH3 is 1. The van der Waals surface area contributed by atoms with Gasteiger partial charge in [0.2, 0.25) is 10.0 Å². The molecule has 0 radical (unpaired) electrons. The smallest absolute Gasteiger partial charge is 0.406 e. The summed E-state index contributed by atoms with van der Waals surface area (Å²) in [4.78, 5) is 19.1. The van der Waals surface area contributed by atoms with Gasteiger partial charge in [-0.2, -0.15) is 22.5 Å². The summed E-state index contributed by atoms with van der Waals surface area (Å²) in [5, 5.41) is 14.9. The number of aromatic nitrogens is 5. The first-order valence-corrected chi connectivity index (χ1v) is 23.8. The number of hydrogen-bond acceptors (Lipinski definition) is 13. The standard InChI is InChI=1S/C49H49F4N9O7S/c1-30-47(31(2)68-57-30)33-13-16-46(63)60(24-33)23-32-8-5-10-36(20-32)67-28-45-56-48(58-69-45)34-25-61(26-34)70(64,65)37-14-15-42(44(22-37)66-4)54-18-7-9-35-21-38-40(55-41-17-19-59(3)27-39(41)50)11-6-12-43(38)62(35)29-49(51,52)53/h5-6,8,10-16,20-22,24,34,39,41,54-55H,17-19,23,25-29H2,1-4H3/t39-,41+/m0/s1. The fourth-order valence-electron chi connectivity index (χ4n) is 8.75. The van der Waals surface area contributed by atoms with Crippen LogP contribution in [0.5, 0.6) is 11.5 Å². The first-order chi connectivity index (χ1) is 33.5. The predicted octanol–water partition coefficient (Wildman–Crippen LogP) is 7.36. The van der Waals surface area contributed by atoms with Gasteiger partial charge in [-0.05, 0) is 87.3 Å². The lowest BCUT2D eigenvalue weighted by Crippen LogP contribution is -2.48. The van der Waals surface area contributed by atoms with Gasteiger partial charge in [0.25, 0.3) is 11.4 Å². The van der Waals surface area contributed by atoms with Crippen LogP contribution in [0.3, 0.4) is 0 Å². The summed E-state index contributed by atoms with van der Waals surface area (Å²) in [6.07, 6.45) is -3.36. The summed E-state index contributed by atoms with van der Waals surface area (Å²) in [6.45, 7) is 3.80. The number of fused-ring (bicyclic) bond motifs is 1. The molecular weight excluding hydrogens is 935 g/mol. The van der Waals surface area contributed by atoms with E-state index in [1.54, 1.807) is 47.2 Å². The lowest BCUT2D eigenvalue weighted by atomic mass is 10.0.